The fourth-order valence-corrected chi connectivity index (χ4v) is 2.76. The second kappa shape index (κ2) is 13.0. The molecule has 9 N–H and O–H groups in total. The molecule has 1 aromatic rings. The molecular formula is C17H24N6O9S. The van der Waals surface area contributed by atoms with Gasteiger partial charge in [-0.2, -0.15) is 12.6 Å². The third-order valence-corrected chi connectivity index (χ3v) is 4.52. The molecule has 0 aliphatic carbocycles. The number of carbonyl (C=O) groups is 6. The monoisotopic (exact) mass is 488 g/mol. The summed E-state index contributed by atoms with van der Waals surface area (Å²) < 4.78 is 0. The van der Waals surface area contributed by atoms with Crippen LogP contribution in [0.2, 0.25) is 0 Å². The highest BCUT2D eigenvalue weighted by molar-refractivity contribution is 7.80. The van der Waals surface area contributed by atoms with E-state index in [-0.39, 0.29) is 12.2 Å². The first-order chi connectivity index (χ1) is 15.4. The molecule has 0 aromatic carbocycles. The summed E-state index contributed by atoms with van der Waals surface area (Å²) in [6.07, 6.45) is 0.978. The van der Waals surface area contributed by atoms with Crippen molar-refractivity contribution in [3.05, 3.63) is 18.2 Å². The molecule has 0 radical (unpaired) electrons. The van der Waals surface area contributed by atoms with Gasteiger partial charge >= 0.3 is 17.9 Å². The van der Waals surface area contributed by atoms with Gasteiger partial charge < -0.3 is 42.0 Å². The molecule has 0 aliphatic rings. The Morgan fingerprint density at radius 2 is 1.45 bits per heavy atom. The minimum absolute atomic E-state index is 0.130. The summed E-state index contributed by atoms with van der Waals surface area (Å²) in [5.41, 5.74) is 5.93. The number of H-pyrrole nitrogens is 1. The third-order valence-electron chi connectivity index (χ3n) is 4.15. The highest BCUT2D eigenvalue weighted by Gasteiger charge is 2.31. The lowest BCUT2D eigenvalue weighted by Gasteiger charge is -2.24. The fraction of sp³-hybridized carbons (Fsp3) is 0.471. The molecule has 1 aromatic heterocycles. The van der Waals surface area contributed by atoms with Gasteiger partial charge in [0.25, 0.3) is 0 Å². The van der Waals surface area contributed by atoms with E-state index in [1.807, 2.05) is 5.32 Å². The summed E-state index contributed by atoms with van der Waals surface area (Å²) >= 11 is 3.94. The number of rotatable bonds is 14. The maximum absolute atomic E-state index is 12.8. The van der Waals surface area contributed by atoms with E-state index in [0.717, 1.165) is 0 Å². The molecule has 33 heavy (non-hydrogen) atoms. The number of nitrogens with zero attached hydrogens (tertiary/aromatic N) is 1. The van der Waals surface area contributed by atoms with E-state index >= 15 is 0 Å². The van der Waals surface area contributed by atoms with Crippen LogP contribution in [-0.2, 0) is 35.2 Å². The molecule has 0 aliphatic heterocycles. The molecule has 4 unspecified atom stereocenters. The average molecular weight is 488 g/mol. The number of aromatic nitrogens is 2. The van der Waals surface area contributed by atoms with Crippen molar-refractivity contribution in [3.63, 3.8) is 0 Å². The van der Waals surface area contributed by atoms with Crippen LogP contribution in [-0.4, -0.2) is 90.8 Å². The minimum atomic E-state index is -1.75. The number of carboxylic acids is 3. The van der Waals surface area contributed by atoms with Gasteiger partial charge in [-0.05, 0) is 0 Å². The summed E-state index contributed by atoms with van der Waals surface area (Å²) in [6.45, 7) is 0. The summed E-state index contributed by atoms with van der Waals surface area (Å²) in [6, 6.07) is -5.90. The lowest BCUT2D eigenvalue weighted by atomic mass is 10.1. The largest absolute Gasteiger partial charge is 0.481 e. The summed E-state index contributed by atoms with van der Waals surface area (Å²) in [4.78, 5) is 76.6. The molecule has 3 amide bonds. The second-order valence-electron chi connectivity index (χ2n) is 6.79. The molecule has 0 fully saturated rings. The van der Waals surface area contributed by atoms with Gasteiger partial charge in [0, 0.05) is 24.1 Å². The average Bonchev–Trinajstić information content (AvgIpc) is 3.22. The van der Waals surface area contributed by atoms with E-state index in [1.54, 1.807) is 0 Å². The lowest BCUT2D eigenvalue weighted by Crippen LogP contribution is -2.58. The van der Waals surface area contributed by atoms with E-state index in [4.69, 9.17) is 21.1 Å². The number of hydrogen-bond acceptors (Lipinski definition) is 9. The molecule has 0 saturated carbocycles. The topological polar surface area (TPSA) is 254 Å². The van der Waals surface area contributed by atoms with Crippen LogP contribution in [0.3, 0.4) is 0 Å². The van der Waals surface area contributed by atoms with Crippen molar-refractivity contribution < 1.29 is 44.1 Å². The first-order valence-corrected chi connectivity index (χ1v) is 9.99. The van der Waals surface area contributed by atoms with Gasteiger partial charge in [0.15, 0.2) is 0 Å². The maximum atomic E-state index is 12.8. The minimum Gasteiger partial charge on any atom is -0.481 e. The van der Waals surface area contributed by atoms with E-state index in [0.29, 0.717) is 5.69 Å². The van der Waals surface area contributed by atoms with Crippen molar-refractivity contribution in [3.8, 4) is 0 Å². The molecule has 16 heteroatoms. The predicted octanol–water partition coefficient (Wildman–Crippen LogP) is -3.30. The van der Waals surface area contributed by atoms with Crippen LogP contribution in [0.15, 0.2) is 12.5 Å². The molecule has 15 nitrogen and oxygen atoms in total. The zero-order valence-electron chi connectivity index (χ0n) is 17.1. The Morgan fingerprint density at radius 3 is 1.94 bits per heavy atom. The molecule has 4 atom stereocenters. The summed E-state index contributed by atoms with van der Waals surface area (Å²) in [5, 5.41) is 33.2. The van der Waals surface area contributed by atoms with Crippen LogP contribution in [0, 0.1) is 0 Å². The number of carbonyl (C=O) groups excluding carboxylic acids is 3. The van der Waals surface area contributed by atoms with Crippen molar-refractivity contribution in [2.45, 2.75) is 43.4 Å². The van der Waals surface area contributed by atoms with Gasteiger partial charge in [-0.25, -0.2) is 9.78 Å². The summed E-state index contributed by atoms with van der Waals surface area (Å²) in [5.74, 6) is -7.51. The first-order valence-electron chi connectivity index (χ1n) is 9.35. The number of hydrogen-bond donors (Lipinski definition) is 9. The molecule has 1 heterocycles. The number of carboxylic acid groups (broad SMARTS) is 3. The van der Waals surface area contributed by atoms with Crippen molar-refractivity contribution in [2.24, 2.45) is 5.73 Å². The second-order valence-corrected chi connectivity index (χ2v) is 7.15. The Hall–Kier alpha value is -3.66. The Bertz CT molecular complexity index is 878. The van der Waals surface area contributed by atoms with Crippen LogP contribution in [0.4, 0.5) is 0 Å². The SMILES string of the molecule is NC(CC(=O)O)C(=O)NC(Cc1cnc[nH]1)C(=O)NC(CS)C(=O)NC(CC(=O)O)C(=O)O. The Balaban J connectivity index is 2.94. The lowest BCUT2D eigenvalue weighted by molar-refractivity contribution is -0.147. The standard InChI is InChI=1S/C17H24N6O9S/c18-8(2-12(24)25)14(28)21-9(1-7-4-19-6-20-7)15(29)23-11(5-33)16(30)22-10(17(31)32)3-13(26)27/h4,6,8-11,33H,1-3,5,18H2,(H,19,20)(H,21,28)(H,22,30)(H,23,29)(H,24,25)(H,26,27)(H,31,32). The van der Waals surface area contributed by atoms with Crippen LogP contribution in [0.25, 0.3) is 0 Å². The number of nitrogens with one attached hydrogen (secondary N) is 4. The van der Waals surface area contributed by atoms with Gasteiger partial charge in [0.1, 0.15) is 18.1 Å². The normalized spacial score (nSPS) is 14.2. The Labute approximate surface area is 191 Å². The maximum Gasteiger partial charge on any atom is 0.326 e. The third kappa shape index (κ3) is 9.56. The highest BCUT2D eigenvalue weighted by Crippen LogP contribution is 2.03. The number of aliphatic carboxylic acids is 3. The number of aromatic amines is 1. The quantitative estimate of drug-likeness (QED) is 0.117. The van der Waals surface area contributed by atoms with E-state index in [9.17, 15) is 28.8 Å². The molecule has 0 spiro atoms. The predicted molar refractivity (Wildman–Crippen MR) is 112 cm³/mol. The van der Waals surface area contributed by atoms with Gasteiger partial charge in [-0.3, -0.25) is 24.0 Å². The van der Waals surface area contributed by atoms with E-state index < -0.39 is 72.6 Å². The van der Waals surface area contributed by atoms with Gasteiger partial charge in [-0.1, -0.05) is 0 Å². The van der Waals surface area contributed by atoms with Crippen molar-refractivity contribution in [1.82, 2.24) is 25.9 Å². The highest BCUT2D eigenvalue weighted by atomic mass is 32.1. The molecule has 1 rings (SSSR count). The van der Waals surface area contributed by atoms with Gasteiger partial charge in [0.2, 0.25) is 17.7 Å². The molecular weight excluding hydrogens is 464 g/mol. The van der Waals surface area contributed by atoms with Crippen molar-refractivity contribution >= 4 is 48.3 Å². The number of amides is 3. The van der Waals surface area contributed by atoms with E-state index in [1.165, 1.54) is 12.5 Å². The molecule has 0 bridgehead atoms. The van der Waals surface area contributed by atoms with E-state index in [2.05, 4.69) is 33.2 Å². The zero-order valence-corrected chi connectivity index (χ0v) is 17.9. The Kier molecular flexibility index (Phi) is 10.8. The molecule has 182 valence electrons. The van der Waals surface area contributed by atoms with Crippen molar-refractivity contribution in [2.75, 3.05) is 5.75 Å². The fourth-order valence-electron chi connectivity index (χ4n) is 2.50. The van der Waals surface area contributed by atoms with Crippen LogP contribution in [0.1, 0.15) is 18.5 Å². The van der Waals surface area contributed by atoms with Crippen LogP contribution < -0.4 is 21.7 Å². The number of thiol groups is 1. The van der Waals surface area contributed by atoms with Gasteiger partial charge in [-0.15, -0.1) is 0 Å². The first kappa shape index (κ1) is 27.4. The number of imidazole rings is 1. The molecule has 0 saturated heterocycles. The van der Waals surface area contributed by atoms with Crippen LogP contribution in [0.5, 0.6) is 0 Å². The van der Waals surface area contributed by atoms with Crippen LogP contribution >= 0.6 is 12.6 Å². The number of nitrogens with two attached hydrogens (primary N) is 1. The summed E-state index contributed by atoms with van der Waals surface area (Å²) in [7, 11) is 0. The smallest absolute Gasteiger partial charge is 0.326 e. The zero-order chi connectivity index (χ0) is 25.1. The van der Waals surface area contributed by atoms with Crippen molar-refractivity contribution in [1.29, 1.82) is 0 Å². The Morgan fingerprint density at radius 1 is 0.909 bits per heavy atom. The van der Waals surface area contributed by atoms with Gasteiger partial charge in [0.05, 0.1) is 25.2 Å².